The maximum absolute atomic E-state index is 14.0. The summed E-state index contributed by atoms with van der Waals surface area (Å²) in [6.45, 7) is 8.73. The Kier molecular flexibility index (Phi) is 35.9. The van der Waals surface area contributed by atoms with Crippen molar-refractivity contribution in [3.8, 4) is 34.5 Å². The van der Waals surface area contributed by atoms with E-state index in [2.05, 4.69) is 104 Å². The van der Waals surface area contributed by atoms with Crippen LogP contribution in [0.3, 0.4) is 0 Å². The standard InChI is InChI=1S/C48H58ClN5O3.C44H50Cl4N6O6/c1-3-4-5-6-7-8-9-10-11-15-20-44(48(55)50-41-28-22-37(23-29-41)19-16-21-45-51-52-47-46(49)36(2)53-54(45)47)57-43-32-26-39(27-33-43)34-38-24-30-42(31-25-38)56-35-40-17-13-12-14-18-40;1-5-6-7-8-9-10-11-12-13-14-15-38(60-31-18-20-36(55)27(2)22-31)43(56)49-29-16-19-32(46)35(25-29)50-42-40(52-51-30-17-21-37(58-3)39(26-30)59-4)44(57)54(53-42)41-33(47)23-28(45)24-34(41)48/h12-14,17-18,22-33,44,53H,3-11,15-16,19-21,34-35H2,1-2H3,(H,50,55);16-26,38,40,55H,5-15H2,1-4H3,(H,49,56)(H,50,53). The molecule has 1 fully saturated rings. The van der Waals surface area contributed by atoms with Crippen LogP contribution in [0, 0.1) is 13.8 Å². The molecule has 0 aliphatic carbocycles. The summed E-state index contributed by atoms with van der Waals surface area (Å²) in [7, 11) is 3.01. The normalized spacial score (nSPS) is 13.5. The quantitative estimate of drug-likeness (QED) is 0.0177. The van der Waals surface area contributed by atoms with Gasteiger partial charge in [0.05, 0.1) is 46.4 Å². The lowest BCUT2D eigenvalue weighted by atomic mass is 10.0. The molecule has 25 heteroatoms. The number of nitrogens with zero attached hydrogens (tertiary/aromatic N) is 7. The molecule has 3 amide bonds. The first-order valence-electron chi connectivity index (χ1n) is 40.9. The summed E-state index contributed by atoms with van der Waals surface area (Å²) < 4.78 is 31.2. The number of hydrazine groups is 1. The zero-order valence-electron chi connectivity index (χ0n) is 67.7. The number of methoxy groups -OCH3 is 2. The van der Waals surface area contributed by atoms with Crippen LogP contribution >= 0.6 is 58.0 Å². The number of phenols is 1. The molecular formula is C92H108Cl5N11O9. The number of fused-ring (bicyclic) bond motifs is 1. The van der Waals surface area contributed by atoms with Gasteiger partial charge in [0.15, 0.2) is 41.0 Å². The largest absolute Gasteiger partial charge is 0.508 e. The molecule has 0 bridgehead atoms. The number of halogens is 5. The van der Waals surface area contributed by atoms with Crippen molar-refractivity contribution in [2.45, 2.75) is 219 Å². The number of anilines is 3. The number of amidine groups is 1. The van der Waals surface area contributed by atoms with Crippen molar-refractivity contribution < 1.29 is 43.2 Å². The second kappa shape index (κ2) is 46.9. The highest BCUT2D eigenvalue weighted by molar-refractivity contribution is 6.43. The van der Waals surface area contributed by atoms with Crippen LogP contribution in [0.1, 0.15) is 201 Å². The Labute approximate surface area is 712 Å². The van der Waals surface area contributed by atoms with Gasteiger partial charge in [-0.05, 0) is 184 Å². The molecule has 0 spiro atoms. The third kappa shape index (κ3) is 27.6. The number of nitrogens with one attached hydrogen (secondary N) is 4. The van der Waals surface area contributed by atoms with E-state index in [9.17, 15) is 19.5 Å². The van der Waals surface area contributed by atoms with E-state index in [0.717, 1.165) is 97.7 Å². The number of aliphatic imine (C=N–C) groups is 1. The molecule has 0 saturated carbocycles. The van der Waals surface area contributed by atoms with Crippen LogP contribution in [-0.4, -0.2) is 80.9 Å². The summed E-state index contributed by atoms with van der Waals surface area (Å²) >= 11 is 32.2. The third-order valence-corrected chi connectivity index (χ3v) is 21.9. The van der Waals surface area contributed by atoms with Crippen molar-refractivity contribution >= 4 is 116 Å². The summed E-state index contributed by atoms with van der Waals surface area (Å²) in [5, 5.41) is 39.0. The first-order valence-corrected chi connectivity index (χ1v) is 42.8. The lowest BCUT2D eigenvalue weighted by molar-refractivity contribution is -0.123. The van der Waals surface area contributed by atoms with Crippen molar-refractivity contribution in [2.24, 2.45) is 15.2 Å². The Morgan fingerprint density at radius 1 is 0.547 bits per heavy atom. The van der Waals surface area contributed by atoms with E-state index in [4.69, 9.17) is 86.7 Å². The molecular weight excluding hydrogens is 1580 g/mol. The maximum atomic E-state index is 14.0. The number of benzene rings is 8. The van der Waals surface area contributed by atoms with Gasteiger partial charge in [-0.3, -0.25) is 24.9 Å². The summed E-state index contributed by atoms with van der Waals surface area (Å²) in [4.78, 5) is 46.4. The van der Waals surface area contributed by atoms with Gasteiger partial charge < -0.3 is 39.4 Å². The van der Waals surface area contributed by atoms with Crippen LogP contribution in [0.25, 0.3) is 5.65 Å². The number of aromatic hydroxyl groups is 1. The fourth-order valence-corrected chi connectivity index (χ4v) is 15.0. The highest BCUT2D eigenvalue weighted by atomic mass is 35.5. The van der Waals surface area contributed by atoms with Crippen LogP contribution in [0.2, 0.25) is 25.1 Å². The molecule has 3 atom stereocenters. The molecule has 11 rings (SSSR count). The van der Waals surface area contributed by atoms with Crippen molar-refractivity contribution in [1.29, 1.82) is 0 Å². The number of unbranched alkanes of at least 4 members (excludes halogenated alkanes) is 18. The number of hydrogen-bond acceptors (Lipinski definition) is 14. The predicted octanol–water partition coefficient (Wildman–Crippen LogP) is 24.8. The summed E-state index contributed by atoms with van der Waals surface area (Å²) in [5.41, 5.74) is 11.7. The van der Waals surface area contributed by atoms with Gasteiger partial charge in [0, 0.05) is 28.9 Å². The highest BCUT2D eigenvalue weighted by Crippen LogP contribution is 2.40. The van der Waals surface area contributed by atoms with Gasteiger partial charge in [-0.15, -0.1) is 10.2 Å². The van der Waals surface area contributed by atoms with Gasteiger partial charge in [-0.25, -0.2) is 14.5 Å². The number of aryl methyl sites for hydroxylation is 4. The molecule has 3 unspecified atom stereocenters. The molecule has 8 aromatic carbocycles. The van der Waals surface area contributed by atoms with Gasteiger partial charge in [-0.2, -0.15) is 10.2 Å². The first-order chi connectivity index (χ1) is 56.9. The molecule has 1 saturated heterocycles. The Bertz CT molecular complexity index is 4850. The first kappa shape index (κ1) is 89.5. The fourth-order valence-electron chi connectivity index (χ4n) is 13.7. The van der Waals surface area contributed by atoms with E-state index in [0.29, 0.717) is 70.1 Å². The SMILES string of the molecule is CCCCCCCCCCCCC(Oc1ccc(Cc2ccc(OCc3ccccc3)cc2)cc1)C(=O)Nc1ccc(CCCc2nnc3c(Cl)c(C)[nH]n23)cc1.CCCCCCCCCCCCC(Oc1ccc(O)c(C)c1)C(=O)Nc1ccc(Cl)c(N=C2NN(c3c(Cl)cc(Cl)cc3Cl)C(=O)C2N=Nc2ccc(OC)c(OC)c2)c1. The van der Waals surface area contributed by atoms with Gasteiger partial charge in [0.25, 0.3) is 17.7 Å². The molecule has 3 heterocycles. The average Bonchev–Trinajstić information content (AvgIpc) is 1.63. The number of H-pyrrole nitrogens is 1. The Hall–Kier alpha value is -9.83. The average molecular weight is 1690 g/mol. The molecule has 10 aromatic rings. The van der Waals surface area contributed by atoms with Crippen LogP contribution < -0.4 is 44.8 Å². The van der Waals surface area contributed by atoms with Crippen molar-refractivity contribution in [3.05, 3.63) is 234 Å². The molecule has 117 heavy (non-hydrogen) atoms. The van der Waals surface area contributed by atoms with Crippen LogP contribution in [0.15, 0.2) is 185 Å². The van der Waals surface area contributed by atoms with E-state index < -0.39 is 24.2 Å². The molecule has 0 radical (unpaired) electrons. The topological polar surface area (TPSA) is 240 Å². The molecule has 1 aliphatic rings. The summed E-state index contributed by atoms with van der Waals surface area (Å²) in [5.74, 6) is 2.89. The zero-order valence-corrected chi connectivity index (χ0v) is 71.5. The van der Waals surface area contributed by atoms with E-state index in [1.54, 1.807) is 61.5 Å². The lowest BCUT2D eigenvalue weighted by Crippen LogP contribution is -2.36. The molecule has 2 aromatic heterocycles. The molecule has 5 N–H and O–H groups in total. The number of hydrogen-bond donors (Lipinski definition) is 5. The predicted molar refractivity (Wildman–Crippen MR) is 472 cm³/mol. The number of ether oxygens (including phenoxy) is 5. The molecule has 20 nitrogen and oxygen atoms in total. The number of carbonyl (C=O) groups excluding carboxylic acids is 3. The molecule has 620 valence electrons. The zero-order chi connectivity index (χ0) is 82.8. The van der Waals surface area contributed by atoms with Gasteiger partial charge in [0.1, 0.15) is 40.3 Å². The monoisotopic (exact) mass is 1690 g/mol. The Balaban J connectivity index is 0.000000247. The van der Waals surface area contributed by atoms with Gasteiger partial charge in [0.2, 0.25) is 6.04 Å². The van der Waals surface area contributed by atoms with Crippen LogP contribution in [-0.2, 0) is 40.3 Å². The number of rotatable bonds is 45. The van der Waals surface area contributed by atoms with Crippen molar-refractivity contribution in [3.63, 3.8) is 0 Å². The smallest absolute Gasteiger partial charge is 0.280 e. The Morgan fingerprint density at radius 2 is 1.09 bits per heavy atom. The number of carbonyl (C=O) groups is 3. The number of aromatic nitrogens is 4. The number of amides is 3. The van der Waals surface area contributed by atoms with Crippen LogP contribution in [0.5, 0.6) is 34.5 Å². The highest BCUT2D eigenvalue weighted by Gasteiger charge is 2.41. The Morgan fingerprint density at radius 3 is 1.68 bits per heavy atom. The maximum Gasteiger partial charge on any atom is 0.280 e. The van der Waals surface area contributed by atoms with E-state index in [1.165, 1.54) is 133 Å². The van der Waals surface area contributed by atoms with E-state index in [1.807, 2.05) is 66.0 Å². The fraction of sp³-hybridized carbons (Fsp3) is 0.391. The van der Waals surface area contributed by atoms with Crippen molar-refractivity contribution in [2.75, 3.05) is 29.9 Å². The minimum absolute atomic E-state index is 0.0431. The third-order valence-electron chi connectivity index (χ3n) is 20.3. The lowest BCUT2D eigenvalue weighted by Gasteiger charge is -2.20. The summed E-state index contributed by atoms with van der Waals surface area (Å²) in [6, 6.07) is 50.9. The number of azo groups is 1. The summed E-state index contributed by atoms with van der Waals surface area (Å²) in [6.07, 6.45) is 27.1. The van der Waals surface area contributed by atoms with E-state index >= 15 is 0 Å². The van der Waals surface area contributed by atoms with E-state index in [-0.39, 0.29) is 54.9 Å². The van der Waals surface area contributed by atoms with Gasteiger partial charge >= 0.3 is 0 Å². The van der Waals surface area contributed by atoms with Crippen LogP contribution in [0.4, 0.5) is 28.4 Å². The molecule has 1 aliphatic heterocycles. The second-order valence-corrected chi connectivity index (χ2v) is 31.6. The minimum atomic E-state index is -1.30. The minimum Gasteiger partial charge on any atom is -0.508 e. The van der Waals surface area contributed by atoms with Gasteiger partial charge in [-0.1, -0.05) is 254 Å². The second-order valence-electron chi connectivity index (χ2n) is 29.5. The number of aromatic amines is 1. The number of phenolic OH excluding ortho intramolecular Hbond substituents is 1. The van der Waals surface area contributed by atoms with Crippen molar-refractivity contribution in [1.82, 2.24) is 25.2 Å².